The van der Waals surface area contributed by atoms with Crippen LogP contribution in [0.15, 0.2) is 40.8 Å². The summed E-state index contributed by atoms with van der Waals surface area (Å²) >= 11 is 7.35. The third kappa shape index (κ3) is 2.94. The van der Waals surface area contributed by atoms with Crippen molar-refractivity contribution in [3.05, 3.63) is 62.2 Å². The zero-order chi connectivity index (χ0) is 17.3. The monoisotopic (exact) mass is 365 g/mol. The fourth-order valence-electron chi connectivity index (χ4n) is 1.94. The molecule has 8 nitrogen and oxygen atoms in total. The number of nitrogens with one attached hydrogen (secondary N) is 2. The summed E-state index contributed by atoms with van der Waals surface area (Å²) in [5, 5.41) is 11.5. The van der Waals surface area contributed by atoms with Gasteiger partial charge in [0.2, 0.25) is 5.76 Å². The van der Waals surface area contributed by atoms with Crippen LogP contribution < -0.4 is 10.9 Å². The standard InChI is InChI=1S/C14H8ClN3O5S/c15-11-7-3-1-2-4-9(7)24-12(11)14(20)17-16-13(19)8-5-6-10(23-8)18(21)22/h1-6H,(H,16,19)(H,17,20). The fraction of sp³-hybridized carbons (Fsp3) is 0. The van der Waals surface area contributed by atoms with Crippen LogP contribution in [0.5, 0.6) is 0 Å². The molecular formula is C14H8ClN3O5S. The lowest BCUT2D eigenvalue weighted by molar-refractivity contribution is -0.402. The second kappa shape index (κ2) is 6.30. The number of amides is 2. The van der Waals surface area contributed by atoms with Crippen LogP contribution in [0.3, 0.4) is 0 Å². The zero-order valence-corrected chi connectivity index (χ0v) is 13.3. The number of rotatable bonds is 3. The van der Waals surface area contributed by atoms with E-state index in [0.29, 0.717) is 0 Å². The zero-order valence-electron chi connectivity index (χ0n) is 11.7. The first-order valence-corrected chi connectivity index (χ1v) is 7.68. The number of fused-ring (bicyclic) bond motifs is 1. The molecule has 0 unspecified atom stereocenters. The number of nitrogens with zero attached hydrogens (tertiary/aromatic N) is 1. The first kappa shape index (κ1) is 16.0. The predicted molar refractivity (Wildman–Crippen MR) is 87.1 cm³/mol. The number of hydrogen-bond acceptors (Lipinski definition) is 6. The average molecular weight is 366 g/mol. The van der Waals surface area contributed by atoms with E-state index in [2.05, 4.69) is 10.9 Å². The van der Waals surface area contributed by atoms with Gasteiger partial charge in [0.15, 0.2) is 0 Å². The van der Waals surface area contributed by atoms with Gasteiger partial charge in [0.25, 0.3) is 5.91 Å². The van der Waals surface area contributed by atoms with Crippen molar-refractivity contribution in [2.75, 3.05) is 0 Å². The second-order valence-electron chi connectivity index (χ2n) is 4.54. The molecule has 0 spiro atoms. The fourth-order valence-corrected chi connectivity index (χ4v) is 3.35. The Morgan fingerprint density at radius 3 is 2.50 bits per heavy atom. The van der Waals surface area contributed by atoms with Gasteiger partial charge in [0.1, 0.15) is 9.80 Å². The van der Waals surface area contributed by atoms with Crippen LogP contribution in [0.1, 0.15) is 20.2 Å². The first-order chi connectivity index (χ1) is 11.5. The highest BCUT2D eigenvalue weighted by Gasteiger charge is 2.20. The van der Waals surface area contributed by atoms with E-state index < -0.39 is 22.6 Å². The Kier molecular flexibility index (Phi) is 4.19. The molecule has 3 aromatic rings. The normalized spacial score (nSPS) is 10.5. The number of benzene rings is 1. The highest BCUT2D eigenvalue weighted by molar-refractivity contribution is 7.21. The number of carbonyl (C=O) groups is 2. The largest absolute Gasteiger partial charge is 0.433 e. The number of hydrazine groups is 1. The van der Waals surface area contributed by atoms with Gasteiger partial charge in [-0.15, -0.1) is 11.3 Å². The third-order valence-electron chi connectivity index (χ3n) is 3.03. The lowest BCUT2D eigenvalue weighted by Crippen LogP contribution is -2.41. The van der Waals surface area contributed by atoms with Crippen LogP contribution in [-0.2, 0) is 0 Å². The number of halogens is 1. The van der Waals surface area contributed by atoms with Gasteiger partial charge in [-0.3, -0.25) is 30.6 Å². The van der Waals surface area contributed by atoms with E-state index in [-0.39, 0.29) is 15.7 Å². The van der Waals surface area contributed by atoms with Crippen molar-refractivity contribution in [2.24, 2.45) is 0 Å². The number of furan rings is 1. The maximum Gasteiger partial charge on any atom is 0.433 e. The molecule has 3 rings (SSSR count). The Hall–Kier alpha value is -2.91. The summed E-state index contributed by atoms with van der Waals surface area (Å²) in [6.07, 6.45) is 0. The third-order valence-corrected chi connectivity index (χ3v) is 4.70. The summed E-state index contributed by atoms with van der Waals surface area (Å²) in [5.41, 5.74) is 4.31. The minimum atomic E-state index is -0.825. The van der Waals surface area contributed by atoms with Crippen molar-refractivity contribution in [3.63, 3.8) is 0 Å². The van der Waals surface area contributed by atoms with Gasteiger partial charge in [-0.2, -0.15) is 0 Å². The lowest BCUT2D eigenvalue weighted by atomic mass is 10.2. The molecule has 2 aromatic heterocycles. The molecule has 24 heavy (non-hydrogen) atoms. The Morgan fingerprint density at radius 2 is 1.83 bits per heavy atom. The van der Waals surface area contributed by atoms with Crippen molar-refractivity contribution in [2.45, 2.75) is 0 Å². The molecule has 0 saturated heterocycles. The summed E-state index contributed by atoms with van der Waals surface area (Å²) in [6.45, 7) is 0. The minimum Gasteiger partial charge on any atom is -0.395 e. The van der Waals surface area contributed by atoms with Crippen LogP contribution in [0, 0.1) is 10.1 Å². The van der Waals surface area contributed by atoms with E-state index in [0.717, 1.165) is 22.2 Å². The Balaban J connectivity index is 1.71. The molecule has 2 amide bonds. The van der Waals surface area contributed by atoms with Crippen LogP contribution in [0.25, 0.3) is 10.1 Å². The van der Waals surface area contributed by atoms with Crippen LogP contribution in [0.2, 0.25) is 5.02 Å². The van der Waals surface area contributed by atoms with Crippen molar-refractivity contribution in [3.8, 4) is 0 Å². The molecule has 10 heteroatoms. The van der Waals surface area contributed by atoms with Gasteiger partial charge >= 0.3 is 11.8 Å². The number of nitro groups is 1. The molecule has 0 aliphatic rings. The SMILES string of the molecule is O=C(NNC(=O)c1sc2ccccc2c1Cl)c1ccc([N+](=O)[O-])o1. The van der Waals surface area contributed by atoms with Gasteiger partial charge in [-0.05, 0) is 12.1 Å². The Labute approximate surface area is 143 Å². The molecule has 0 saturated carbocycles. The molecule has 0 fully saturated rings. The Morgan fingerprint density at radius 1 is 1.12 bits per heavy atom. The summed E-state index contributed by atoms with van der Waals surface area (Å²) in [5.74, 6) is -2.30. The van der Waals surface area contributed by atoms with Crippen molar-refractivity contribution in [1.29, 1.82) is 0 Å². The summed E-state index contributed by atoms with van der Waals surface area (Å²) in [4.78, 5) is 33.9. The van der Waals surface area contributed by atoms with Crippen molar-refractivity contribution < 1.29 is 18.9 Å². The van der Waals surface area contributed by atoms with Gasteiger partial charge < -0.3 is 4.42 Å². The lowest BCUT2D eigenvalue weighted by Gasteiger charge is -2.04. The molecule has 0 bridgehead atoms. The van der Waals surface area contributed by atoms with E-state index in [1.165, 1.54) is 11.3 Å². The smallest absolute Gasteiger partial charge is 0.395 e. The van der Waals surface area contributed by atoms with E-state index in [1.54, 1.807) is 12.1 Å². The molecule has 1 aromatic carbocycles. The Bertz CT molecular complexity index is 964. The molecule has 0 radical (unpaired) electrons. The molecule has 0 atom stereocenters. The van der Waals surface area contributed by atoms with Gasteiger partial charge in [0.05, 0.1) is 11.1 Å². The van der Waals surface area contributed by atoms with Crippen LogP contribution in [-0.4, -0.2) is 16.7 Å². The molecule has 2 N–H and O–H groups in total. The average Bonchev–Trinajstić information content (AvgIpc) is 3.18. The molecular weight excluding hydrogens is 358 g/mol. The van der Waals surface area contributed by atoms with Crippen molar-refractivity contribution >= 4 is 50.7 Å². The first-order valence-electron chi connectivity index (χ1n) is 6.49. The van der Waals surface area contributed by atoms with E-state index >= 15 is 0 Å². The van der Waals surface area contributed by atoms with E-state index in [1.807, 2.05) is 12.1 Å². The summed E-state index contributed by atoms with van der Waals surface area (Å²) < 4.78 is 5.56. The number of thiophene rings is 1. The van der Waals surface area contributed by atoms with E-state index in [9.17, 15) is 19.7 Å². The predicted octanol–water partition coefficient (Wildman–Crippen LogP) is 3.13. The maximum absolute atomic E-state index is 12.1. The van der Waals surface area contributed by atoms with Gasteiger partial charge in [0, 0.05) is 10.1 Å². The number of carbonyl (C=O) groups excluding carboxylic acids is 2. The molecule has 122 valence electrons. The van der Waals surface area contributed by atoms with Crippen LogP contribution >= 0.6 is 22.9 Å². The molecule has 0 aliphatic heterocycles. The van der Waals surface area contributed by atoms with E-state index in [4.69, 9.17) is 16.0 Å². The summed E-state index contributed by atoms with van der Waals surface area (Å²) in [6, 6.07) is 9.40. The number of hydrogen-bond donors (Lipinski definition) is 2. The van der Waals surface area contributed by atoms with Gasteiger partial charge in [-0.25, -0.2) is 0 Å². The quantitative estimate of drug-likeness (QED) is 0.546. The van der Waals surface area contributed by atoms with Gasteiger partial charge in [-0.1, -0.05) is 29.8 Å². The van der Waals surface area contributed by atoms with Crippen molar-refractivity contribution in [1.82, 2.24) is 10.9 Å². The molecule has 2 heterocycles. The minimum absolute atomic E-state index is 0.239. The topological polar surface area (TPSA) is 114 Å². The maximum atomic E-state index is 12.1. The highest BCUT2D eigenvalue weighted by Crippen LogP contribution is 2.34. The summed E-state index contributed by atoms with van der Waals surface area (Å²) in [7, 11) is 0. The van der Waals surface area contributed by atoms with Crippen LogP contribution in [0.4, 0.5) is 5.88 Å². The second-order valence-corrected chi connectivity index (χ2v) is 5.97. The molecule has 0 aliphatic carbocycles. The highest BCUT2D eigenvalue weighted by atomic mass is 35.5.